The molecule has 168 valence electrons. The second kappa shape index (κ2) is 14.0. The van der Waals surface area contributed by atoms with Gasteiger partial charge in [-0.25, -0.2) is 0 Å². The lowest BCUT2D eigenvalue weighted by Crippen LogP contribution is -2.49. The molecule has 2 fully saturated rings. The van der Waals surface area contributed by atoms with Crippen molar-refractivity contribution in [3.63, 3.8) is 0 Å². The molecule has 0 aliphatic carbocycles. The van der Waals surface area contributed by atoms with Crippen molar-refractivity contribution in [3.8, 4) is 0 Å². The minimum atomic E-state index is 0.751. The average molecular weight is 395 g/mol. The van der Waals surface area contributed by atoms with Gasteiger partial charge in [0.2, 0.25) is 0 Å². The number of hydrogen-bond acceptors (Lipinski definition) is 2. The van der Waals surface area contributed by atoms with E-state index in [0.29, 0.717) is 0 Å². The van der Waals surface area contributed by atoms with Crippen molar-refractivity contribution < 1.29 is 0 Å². The molecule has 0 aromatic heterocycles. The van der Waals surface area contributed by atoms with Gasteiger partial charge in [0.1, 0.15) is 0 Å². The smallest absolute Gasteiger partial charge is 0.00388 e. The van der Waals surface area contributed by atoms with Gasteiger partial charge in [0.05, 0.1) is 0 Å². The molecule has 0 atom stereocenters. The topological polar surface area (TPSA) is 6.48 Å². The van der Waals surface area contributed by atoms with E-state index < -0.39 is 0 Å². The van der Waals surface area contributed by atoms with Crippen molar-refractivity contribution in [1.29, 1.82) is 0 Å². The molecule has 2 aliphatic rings. The van der Waals surface area contributed by atoms with Crippen molar-refractivity contribution >= 4 is 0 Å². The molecule has 0 radical (unpaired) electrons. The van der Waals surface area contributed by atoms with Crippen LogP contribution in [0.1, 0.15) is 107 Å². The molecule has 0 aromatic carbocycles. The molecule has 0 unspecified atom stereocenters. The van der Waals surface area contributed by atoms with Crippen LogP contribution in [0.3, 0.4) is 0 Å². The van der Waals surface area contributed by atoms with E-state index in [4.69, 9.17) is 0 Å². The van der Waals surface area contributed by atoms with Crippen LogP contribution in [0.4, 0.5) is 0 Å². The van der Waals surface area contributed by atoms with Crippen molar-refractivity contribution in [2.45, 2.75) is 119 Å². The first-order valence-electron chi connectivity index (χ1n) is 12.7. The number of likely N-dealkylation sites (tertiary alicyclic amines) is 2. The highest BCUT2D eigenvalue weighted by atomic mass is 15.2. The third-order valence-electron chi connectivity index (χ3n) is 6.88. The quantitative estimate of drug-likeness (QED) is 0.390. The number of nitrogens with zero attached hydrogens (tertiary/aromatic N) is 2. The number of piperidine rings is 1. The summed E-state index contributed by atoms with van der Waals surface area (Å²) in [6.45, 7) is 23.9. The third-order valence-corrected chi connectivity index (χ3v) is 6.88. The zero-order valence-corrected chi connectivity index (χ0v) is 20.8. The van der Waals surface area contributed by atoms with E-state index in [1.54, 1.807) is 0 Å². The monoisotopic (exact) mass is 394 g/mol. The normalized spacial score (nSPS) is 20.1. The Morgan fingerprint density at radius 2 is 1.04 bits per heavy atom. The van der Waals surface area contributed by atoms with Gasteiger partial charge < -0.3 is 9.80 Å². The predicted octanol–water partition coefficient (Wildman–Crippen LogP) is 7.09. The Morgan fingerprint density at radius 1 is 0.607 bits per heavy atom. The van der Waals surface area contributed by atoms with Crippen molar-refractivity contribution in [3.05, 3.63) is 0 Å². The summed E-state index contributed by atoms with van der Waals surface area (Å²) in [6.07, 6.45) is 11.5. The second-order valence-corrected chi connectivity index (χ2v) is 11.1. The Labute approximate surface area is 178 Å². The van der Waals surface area contributed by atoms with Crippen LogP contribution in [-0.2, 0) is 0 Å². The summed E-state index contributed by atoms with van der Waals surface area (Å²) in [4.78, 5) is 5.19. The molecule has 0 amide bonds. The summed E-state index contributed by atoms with van der Waals surface area (Å²) in [6, 6.07) is 1.52. The van der Waals surface area contributed by atoms with Crippen LogP contribution >= 0.6 is 0 Å². The van der Waals surface area contributed by atoms with Crippen molar-refractivity contribution in [2.75, 3.05) is 26.2 Å². The highest BCUT2D eigenvalue weighted by Gasteiger charge is 2.27. The first-order chi connectivity index (χ1) is 13.2. The average Bonchev–Trinajstić information content (AvgIpc) is 2.57. The van der Waals surface area contributed by atoms with Gasteiger partial charge in [-0.1, -0.05) is 59.8 Å². The molecule has 2 nitrogen and oxygen atoms in total. The van der Waals surface area contributed by atoms with E-state index in [9.17, 15) is 0 Å². The first kappa shape index (κ1) is 26.0. The van der Waals surface area contributed by atoms with Crippen LogP contribution in [0.25, 0.3) is 0 Å². The fourth-order valence-corrected chi connectivity index (χ4v) is 4.60. The Morgan fingerprint density at radius 3 is 1.43 bits per heavy atom. The van der Waals surface area contributed by atoms with Gasteiger partial charge in [-0.15, -0.1) is 0 Å². The van der Waals surface area contributed by atoms with Gasteiger partial charge in [0, 0.05) is 25.2 Å². The van der Waals surface area contributed by atoms with E-state index in [1.807, 2.05) is 0 Å². The summed E-state index contributed by atoms with van der Waals surface area (Å²) in [5.74, 6) is 3.82. The molecule has 2 heterocycles. The van der Waals surface area contributed by atoms with Crippen LogP contribution < -0.4 is 0 Å². The Bertz CT molecular complexity index is 358. The minimum Gasteiger partial charge on any atom is -0.301 e. The number of rotatable bonds is 10. The maximum Gasteiger partial charge on any atom is 0.00388 e. The molecule has 2 aliphatic heterocycles. The fraction of sp³-hybridized carbons (Fsp3) is 1.00. The zero-order chi connectivity index (χ0) is 21.1. The predicted molar refractivity (Wildman–Crippen MR) is 127 cm³/mol. The van der Waals surface area contributed by atoms with E-state index in [0.717, 1.165) is 35.8 Å². The summed E-state index contributed by atoms with van der Waals surface area (Å²) in [5.41, 5.74) is 0. The SMILES string of the molecule is CC(C)CCCC1CCN(C(C)C)CC1.CC(C)CCCC1CN(C(C)C)C1. The maximum atomic E-state index is 2.62. The molecule has 2 saturated heterocycles. The lowest BCUT2D eigenvalue weighted by Gasteiger charge is -2.42. The molecular weight excluding hydrogens is 340 g/mol. The molecule has 28 heavy (non-hydrogen) atoms. The van der Waals surface area contributed by atoms with Crippen LogP contribution in [0.2, 0.25) is 0 Å². The van der Waals surface area contributed by atoms with E-state index in [-0.39, 0.29) is 0 Å². The Balaban J connectivity index is 0.000000283. The summed E-state index contributed by atoms with van der Waals surface area (Å²) >= 11 is 0. The highest BCUT2D eigenvalue weighted by Crippen LogP contribution is 2.25. The molecule has 0 spiro atoms. The standard InChI is InChI=1S/C14H29N.C12H25N/c1-12(2)6-5-7-14-8-10-15(11-9-14)13(3)4;1-10(2)6-5-7-12-8-13(9-12)11(3)4/h12-14H,5-11H2,1-4H3;10-12H,5-9H2,1-4H3. The van der Waals surface area contributed by atoms with Gasteiger partial charge in [-0.2, -0.15) is 0 Å². The lowest BCUT2D eigenvalue weighted by atomic mass is 9.90. The van der Waals surface area contributed by atoms with E-state index >= 15 is 0 Å². The summed E-state index contributed by atoms with van der Waals surface area (Å²) in [7, 11) is 0. The van der Waals surface area contributed by atoms with Gasteiger partial charge in [0.15, 0.2) is 0 Å². The van der Waals surface area contributed by atoms with Gasteiger partial charge in [-0.3, -0.25) is 0 Å². The maximum absolute atomic E-state index is 2.62. The fourth-order valence-electron chi connectivity index (χ4n) is 4.60. The Kier molecular flexibility index (Phi) is 13.0. The van der Waals surface area contributed by atoms with Gasteiger partial charge >= 0.3 is 0 Å². The molecular formula is C26H54N2. The number of hydrogen-bond donors (Lipinski definition) is 0. The molecule has 0 bridgehead atoms. The van der Waals surface area contributed by atoms with Crippen LogP contribution in [-0.4, -0.2) is 48.1 Å². The third kappa shape index (κ3) is 11.2. The minimum absolute atomic E-state index is 0.751. The van der Waals surface area contributed by atoms with Crippen molar-refractivity contribution in [2.24, 2.45) is 23.7 Å². The highest BCUT2D eigenvalue weighted by molar-refractivity contribution is 4.81. The second-order valence-electron chi connectivity index (χ2n) is 11.1. The molecule has 0 aromatic rings. The molecule has 0 N–H and O–H groups in total. The van der Waals surface area contributed by atoms with Crippen LogP contribution in [0.15, 0.2) is 0 Å². The summed E-state index contributed by atoms with van der Waals surface area (Å²) < 4.78 is 0. The largest absolute Gasteiger partial charge is 0.301 e. The molecule has 0 saturated carbocycles. The first-order valence-corrected chi connectivity index (χ1v) is 12.7. The zero-order valence-electron chi connectivity index (χ0n) is 20.8. The van der Waals surface area contributed by atoms with Crippen molar-refractivity contribution in [1.82, 2.24) is 9.80 Å². The van der Waals surface area contributed by atoms with E-state index in [1.165, 1.54) is 77.5 Å². The van der Waals surface area contributed by atoms with Crippen LogP contribution in [0.5, 0.6) is 0 Å². The Hall–Kier alpha value is -0.0800. The van der Waals surface area contributed by atoms with Crippen LogP contribution in [0, 0.1) is 23.7 Å². The lowest BCUT2D eigenvalue weighted by molar-refractivity contribution is 0.0608. The summed E-state index contributed by atoms with van der Waals surface area (Å²) in [5, 5.41) is 0. The van der Waals surface area contributed by atoms with Gasteiger partial charge in [-0.05, 0) is 83.7 Å². The van der Waals surface area contributed by atoms with E-state index in [2.05, 4.69) is 65.2 Å². The molecule has 2 heteroatoms. The van der Waals surface area contributed by atoms with Gasteiger partial charge in [0.25, 0.3) is 0 Å². The molecule has 2 rings (SSSR count).